The first kappa shape index (κ1) is 20.9. The Morgan fingerprint density at radius 1 is 1.06 bits per heavy atom. The number of anilines is 1. The highest BCUT2D eigenvalue weighted by Gasteiger charge is 2.14. The Kier molecular flexibility index (Phi) is 5.64. The van der Waals surface area contributed by atoms with E-state index in [9.17, 15) is 4.79 Å². The van der Waals surface area contributed by atoms with Gasteiger partial charge in [-0.05, 0) is 33.8 Å². The Balaban J connectivity index is 1.40. The lowest BCUT2D eigenvalue weighted by atomic mass is 10.2. The first-order chi connectivity index (χ1) is 14.9. The average Bonchev–Trinajstić information content (AvgIpc) is 3.51. The number of nitrogens with one attached hydrogen (secondary N) is 1. The van der Waals surface area contributed by atoms with Gasteiger partial charge in [-0.1, -0.05) is 11.6 Å². The van der Waals surface area contributed by atoms with Crippen molar-refractivity contribution in [2.45, 2.75) is 47.5 Å². The number of halogens is 1. The molecule has 11 heteroatoms. The second kappa shape index (κ2) is 8.38. The maximum absolute atomic E-state index is 12.6. The molecule has 0 fully saturated rings. The molecule has 0 aliphatic heterocycles. The first-order valence-corrected chi connectivity index (χ1v) is 10.3. The summed E-state index contributed by atoms with van der Waals surface area (Å²) < 4.78 is 7.10. The van der Waals surface area contributed by atoms with Gasteiger partial charge in [0.2, 0.25) is 0 Å². The molecule has 4 heterocycles. The third-order valence-corrected chi connectivity index (χ3v) is 5.72. The second-order valence-electron chi connectivity index (χ2n) is 7.32. The van der Waals surface area contributed by atoms with Crippen LogP contribution in [0.5, 0.6) is 0 Å². The minimum Gasteiger partial charge on any atom is -0.318 e. The summed E-state index contributed by atoms with van der Waals surface area (Å²) in [5.74, 6) is -0.306. The van der Waals surface area contributed by atoms with Gasteiger partial charge in [0.05, 0.1) is 41.0 Å². The largest absolute Gasteiger partial charge is 0.318 e. The molecule has 31 heavy (non-hydrogen) atoms. The van der Waals surface area contributed by atoms with Crippen LogP contribution in [0, 0.1) is 20.8 Å². The fourth-order valence-electron chi connectivity index (χ4n) is 3.36. The molecule has 0 spiro atoms. The van der Waals surface area contributed by atoms with E-state index in [2.05, 4.69) is 32.6 Å². The fourth-order valence-corrected chi connectivity index (χ4v) is 3.49. The number of amides is 1. The van der Waals surface area contributed by atoms with Crippen molar-refractivity contribution in [1.82, 2.24) is 39.1 Å². The van der Waals surface area contributed by atoms with Crippen LogP contribution in [0.4, 0.5) is 5.69 Å². The van der Waals surface area contributed by atoms with Crippen molar-refractivity contribution in [2.75, 3.05) is 5.32 Å². The summed E-state index contributed by atoms with van der Waals surface area (Å²) >= 11 is 6.19. The standard InChI is InChI=1S/C20H24ClN9O/c1-5-29-14(3)16(8-23-29)10-28-11-17(9-22-28)24-20(31)18-6-7-27(26-18)12-30-15(4)19(21)13(2)25-30/h6-9,11H,5,10,12H2,1-4H3,(H,24,31). The van der Waals surface area contributed by atoms with Gasteiger partial charge in [-0.25, -0.2) is 4.68 Å². The summed E-state index contributed by atoms with van der Waals surface area (Å²) in [4.78, 5) is 12.6. The van der Waals surface area contributed by atoms with E-state index >= 15 is 0 Å². The van der Waals surface area contributed by atoms with Crippen LogP contribution in [0.2, 0.25) is 5.02 Å². The van der Waals surface area contributed by atoms with Gasteiger partial charge in [-0.2, -0.15) is 20.4 Å². The highest BCUT2D eigenvalue weighted by molar-refractivity contribution is 6.31. The minimum absolute atomic E-state index is 0.306. The van der Waals surface area contributed by atoms with Gasteiger partial charge in [0.25, 0.3) is 5.91 Å². The molecule has 0 aliphatic rings. The number of carbonyl (C=O) groups excluding carboxylic acids is 1. The molecule has 0 saturated carbocycles. The number of hydrogen-bond donors (Lipinski definition) is 1. The number of aromatic nitrogens is 8. The molecule has 1 amide bonds. The number of aryl methyl sites for hydroxylation is 2. The summed E-state index contributed by atoms with van der Waals surface area (Å²) in [6, 6.07) is 1.66. The van der Waals surface area contributed by atoms with Gasteiger partial charge in [-0.15, -0.1) is 0 Å². The minimum atomic E-state index is -0.306. The molecule has 4 aromatic heterocycles. The molecule has 0 atom stereocenters. The summed E-state index contributed by atoms with van der Waals surface area (Å²) in [7, 11) is 0. The Bertz CT molecular complexity index is 1230. The van der Waals surface area contributed by atoms with Crippen LogP contribution in [0.3, 0.4) is 0 Å². The van der Waals surface area contributed by atoms with Crippen molar-refractivity contribution in [2.24, 2.45) is 0 Å². The number of hydrogen-bond acceptors (Lipinski definition) is 5. The zero-order valence-electron chi connectivity index (χ0n) is 17.9. The van der Waals surface area contributed by atoms with Crippen LogP contribution >= 0.6 is 11.6 Å². The average molecular weight is 442 g/mol. The van der Waals surface area contributed by atoms with Gasteiger partial charge in [0.1, 0.15) is 6.67 Å². The lowest BCUT2D eigenvalue weighted by Crippen LogP contribution is -2.15. The number of nitrogens with zero attached hydrogens (tertiary/aromatic N) is 8. The highest BCUT2D eigenvalue weighted by atomic mass is 35.5. The van der Waals surface area contributed by atoms with Crippen molar-refractivity contribution in [1.29, 1.82) is 0 Å². The molecule has 0 bridgehead atoms. The lowest BCUT2D eigenvalue weighted by Gasteiger charge is -2.04. The van der Waals surface area contributed by atoms with E-state index in [4.69, 9.17) is 11.6 Å². The topological polar surface area (TPSA) is 100 Å². The smallest absolute Gasteiger partial charge is 0.276 e. The van der Waals surface area contributed by atoms with Crippen LogP contribution < -0.4 is 5.32 Å². The Morgan fingerprint density at radius 3 is 2.55 bits per heavy atom. The first-order valence-electron chi connectivity index (χ1n) is 9.93. The van der Waals surface area contributed by atoms with E-state index in [1.165, 1.54) is 0 Å². The molecule has 4 aromatic rings. The lowest BCUT2D eigenvalue weighted by molar-refractivity contribution is 0.102. The van der Waals surface area contributed by atoms with E-state index < -0.39 is 0 Å². The summed E-state index contributed by atoms with van der Waals surface area (Å²) in [5, 5.41) is 20.9. The summed E-state index contributed by atoms with van der Waals surface area (Å²) in [5.41, 5.74) is 4.72. The Hall–Kier alpha value is -3.40. The molecule has 0 aliphatic carbocycles. The Labute approximate surface area is 184 Å². The molecule has 0 unspecified atom stereocenters. The van der Waals surface area contributed by atoms with E-state index in [-0.39, 0.29) is 5.91 Å². The van der Waals surface area contributed by atoms with Crippen molar-refractivity contribution in [3.05, 3.63) is 64.2 Å². The van der Waals surface area contributed by atoms with Gasteiger partial charge < -0.3 is 5.32 Å². The second-order valence-corrected chi connectivity index (χ2v) is 7.70. The third-order valence-electron chi connectivity index (χ3n) is 5.17. The van der Waals surface area contributed by atoms with Crippen LogP contribution in [0.25, 0.3) is 0 Å². The van der Waals surface area contributed by atoms with Crippen LogP contribution in [-0.2, 0) is 19.8 Å². The number of rotatable bonds is 7. The van der Waals surface area contributed by atoms with Crippen molar-refractivity contribution < 1.29 is 4.79 Å². The zero-order valence-corrected chi connectivity index (χ0v) is 18.6. The van der Waals surface area contributed by atoms with Crippen LogP contribution in [0.15, 0.2) is 30.9 Å². The Morgan fingerprint density at radius 2 is 1.87 bits per heavy atom. The monoisotopic (exact) mass is 441 g/mol. The van der Waals surface area contributed by atoms with Crippen LogP contribution in [0.1, 0.15) is 40.1 Å². The SMILES string of the molecule is CCn1ncc(Cn2cc(NC(=O)c3ccn(Cn4nc(C)c(Cl)c4C)n3)cn2)c1C. The maximum Gasteiger partial charge on any atom is 0.276 e. The molecule has 4 rings (SSSR count). The van der Waals surface area contributed by atoms with E-state index in [1.54, 1.807) is 38.7 Å². The van der Waals surface area contributed by atoms with E-state index in [0.717, 1.165) is 29.2 Å². The molecule has 10 nitrogen and oxygen atoms in total. The van der Waals surface area contributed by atoms with Crippen molar-refractivity contribution >= 4 is 23.2 Å². The fraction of sp³-hybridized carbons (Fsp3) is 0.350. The summed E-state index contributed by atoms with van der Waals surface area (Å²) in [6.07, 6.45) is 6.99. The molecule has 0 radical (unpaired) electrons. The van der Waals surface area contributed by atoms with Gasteiger partial charge in [0.15, 0.2) is 5.69 Å². The summed E-state index contributed by atoms with van der Waals surface area (Å²) in [6.45, 7) is 9.62. The molecular formula is C20H24ClN9O. The maximum atomic E-state index is 12.6. The highest BCUT2D eigenvalue weighted by Crippen LogP contribution is 2.19. The van der Waals surface area contributed by atoms with Crippen LogP contribution in [-0.4, -0.2) is 45.0 Å². The normalized spacial score (nSPS) is 11.3. The van der Waals surface area contributed by atoms with Crippen molar-refractivity contribution in [3.8, 4) is 0 Å². The van der Waals surface area contributed by atoms with Crippen molar-refractivity contribution in [3.63, 3.8) is 0 Å². The predicted molar refractivity (Wildman–Crippen MR) is 116 cm³/mol. The van der Waals surface area contributed by atoms with Gasteiger partial charge >= 0.3 is 0 Å². The van der Waals surface area contributed by atoms with E-state index in [1.807, 2.05) is 31.6 Å². The number of carbonyl (C=O) groups is 1. The third kappa shape index (κ3) is 4.24. The molecule has 0 aromatic carbocycles. The van der Waals surface area contributed by atoms with Gasteiger partial charge in [0, 0.05) is 30.2 Å². The predicted octanol–water partition coefficient (Wildman–Crippen LogP) is 2.88. The van der Waals surface area contributed by atoms with E-state index in [0.29, 0.717) is 29.6 Å². The van der Waals surface area contributed by atoms with Gasteiger partial charge in [-0.3, -0.25) is 18.8 Å². The quantitative estimate of drug-likeness (QED) is 0.475. The molecule has 1 N–H and O–H groups in total. The molecule has 162 valence electrons. The molecule has 0 saturated heterocycles. The zero-order chi connectivity index (χ0) is 22.1. The molecular weight excluding hydrogens is 418 g/mol.